The summed E-state index contributed by atoms with van der Waals surface area (Å²) in [7, 11) is 0. The first-order chi connectivity index (χ1) is 8.83. The van der Waals surface area contributed by atoms with Crippen molar-refractivity contribution in [2.45, 2.75) is 19.3 Å². The number of rotatable bonds is 1. The van der Waals surface area contributed by atoms with Crippen LogP contribution < -0.4 is 0 Å². The van der Waals surface area contributed by atoms with Gasteiger partial charge in [0.25, 0.3) is 0 Å². The number of fused-ring (bicyclic) bond motifs is 1. The van der Waals surface area contributed by atoms with Crippen molar-refractivity contribution in [1.82, 2.24) is 14.5 Å². The van der Waals surface area contributed by atoms with Gasteiger partial charge in [0.15, 0.2) is 11.4 Å². The van der Waals surface area contributed by atoms with E-state index in [1.807, 2.05) is 24.3 Å². The molecule has 2 aromatic heterocycles. The van der Waals surface area contributed by atoms with Crippen LogP contribution in [0.3, 0.4) is 0 Å². The summed E-state index contributed by atoms with van der Waals surface area (Å²) in [5, 5.41) is 18.0. The van der Waals surface area contributed by atoms with E-state index < -0.39 is 0 Å². The van der Waals surface area contributed by atoms with Crippen LogP contribution in [-0.2, 0) is 12.8 Å². The Morgan fingerprint density at radius 1 is 1.17 bits per heavy atom. The molecule has 2 heterocycles. The van der Waals surface area contributed by atoms with E-state index in [9.17, 15) is 0 Å². The molecule has 0 atom stereocenters. The zero-order valence-electron chi connectivity index (χ0n) is 9.59. The van der Waals surface area contributed by atoms with Gasteiger partial charge in [0.05, 0.1) is 0 Å². The van der Waals surface area contributed by atoms with Crippen LogP contribution in [0, 0.1) is 22.7 Å². The van der Waals surface area contributed by atoms with Gasteiger partial charge < -0.3 is 0 Å². The Kier molecular flexibility index (Phi) is 2.32. The maximum atomic E-state index is 9.08. The van der Waals surface area contributed by atoms with Gasteiger partial charge in [0.2, 0.25) is 0 Å². The predicted molar refractivity (Wildman–Crippen MR) is 62.8 cm³/mol. The van der Waals surface area contributed by atoms with E-state index in [1.165, 1.54) is 11.9 Å². The number of pyridine rings is 1. The summed E-state index contributed by atoms with van der Waals surface area (Å²) in [6, 6.07) is 7.81. The standard InChI is InChI=1S/C13H9N5/c14-6-11-12(7-15)18(8-16-11)13-5-4-9-2-1-3-10(9)17-13/h4-5,8H,1-3H2. The molecule has 5 heteroatoms. The minimum Gasteiger partial charge on any atom is -0.273 e. The second kappa shape index (κ2) is 3.97. The Balaban J connectivity index is 2.14. The average Bonchev–Trinajstić information content (AvgIpc) is 3.03. The van der Waals surface area contributed by atoms with Gasteiger partial charge in [-0.1, -0.05) is 6.07 Å². The van der Waals surface area contributed by atoms with E-state index in [0.29, 0.717) is 5.82 Å². The van der Waals surface area contributed by atoms with Crippen LogP contribution in [0.25, 0.3) is 5.82 Å². The molecule has 0 aliphatic heterocycles. The predicted octanol–water partition coefficient (Wildman–Crippen LogP) is 1.50. The second-order valence-electron chi connectivity index (χ2n) is 4.16. The molecule has 0 bridgehead atoms. The summed E-state index contributed by atoms with van der Waals surface area (Å²) in [5.74, 6) is 0.654. The minimum atomic E-state index is 0.139. The minimum absolute atomic E-state index is 0.139. The first kappa shape index (κ1) is 10.5. The van der Waals surface area contributed by atoms with Crippen molar-refractivity contribution in [3.8, 4) is 18.0 Å². The van der Waals surface area contributed by atoms with E-state index in [2.05, 4.69) is 9.97 Å². The first-order valence-electron chi connectivity index (χ1n) is 5.70. The molecular formula is C13H9N5. The largest absolute Gasteiger partial charge is 0.273 e. The van der Waals surface area contributed by atoms with Crippen molar-refractivity contribution < 1.29 is 0 Å². The normalized spacial score (nSPS) is 12.8. The van der Waals surface area contributed by atoms with Gasteiger partial charge >= 0.3 is 0 Å². The third-order valence-electron chi connectivity index (χ3n) is 3.14. The maximum absolute atomic E-state index is 9.08. The summed E-state index contributed by atoms with van der Waals surface area (Å²) in [6.07, 6.45) is 4.65. The number of hydrogen-bond donors (Lipinski definition) is 0. The molecule has 86 valence electrons. The molecule has 5 nitrogen and oxygen atoms in total. The zero-order valence-corrected chi connectivity index (χ0v) is 9.59. The zero-order chi connectivity index (χ0) is 12.5. The molecule has 18 heavy (non-hydrogen) atoms. The number of aromatic nitrogens is 3. The number of aryl methyl sites for hydroxylation is 2. The Morgan fingerprint density at radius 3 is 2.83 bits per heavy atom. The molecule has 0 fully saturated rings. The third kappa shape index (κ3) is 1.46. The molecule has 1 aliphatic carbocycles. The molecule has 0 amide bonds. The molecule has 0 saturated heterocycles. The van der Waals surface area contributed by atoms with Crippen LogP contribution in [0.4, 0.5) is 0 Å². The lowest BCUT2D eigenvalue weighted by Crippen LogP contribution is -2.02. The van der Waals surface area contributed by atoms with Gasteiger partial charge in [-0.3, -0.25) is 4.57 Å². The molecule has 0 aromatic carbocycles. The van der Waals surface area contributed by atoms with Crippen molar-refractivity contribution >= 4 is 0 Å². The van der Waals surface area contributed by atoms with Gasteiger partial charge in [-0.25, -0.2) is 9.97 Å². The number of nitrogens with zero attached hydrogens (tertiary/aromatic N) is 5. The summed E-state index contributed by atoms with van der Waals surface area (Å²) in [6.45, 7) is 0. The molecule has 0 saturated carbocycles. The van der Waals surface area contributed by atoms with Crippen LogP contribution in [0.2, 0.25) is 0 Å². The van der Waals surface area contributed by atoms with E-state index in [0.717, 1.165) is 25.0 Å². The van der Waals surface area contributed by atoms with Gasteiger partial charge in [-0.2, -0.15) is 10.5 Å². The lowest BCUT2D eigenvalue weighted by molar-refractivity contribution is 0.889. The highest BCUT2D eigenvalue weighted by Crippen LogP contribution is 2.22. The molecule has 0 unspecified atom stereocenters. The van der Waals surface area contributed by atoms with Crippen molar-refractivity contribution in [2.24, 2.45) is 0 Å². The molecule has 2 aromatic rings. The Labute approximate surface area is 104 Å². The topological polar surface area (TPSA) is 78.3 Å². The summed E-state index contributed by atoms with van der Waals surface area (Å²) >= 11 is 0. The average molecular weight is 235 g/mol. The van der Waals surface area contributed by atoms with Gasteiger partial charge in [-0.15, -0.1) is 0 Å². The molecule has 0 N–H and O–H groups in total. The van der Waals surface area contributed by atoms with E-state index >= 15 is 0 Å². The molecule has 1 aliphatic rings. The fraction of sp³-hybridized carbons (Fsp3) is 0.231. The number of imidazole rings is 1. The summed E-state index contributed by atoms with van der Waals surface area (Å²) in [4.78, 5) is 8.46. The Bertz CT molecular complexity index is 699. The number of hydrogen-bond acceptors (Lipinski definition) is 4. The fourth-order valence-corrected chi connectivity index (χ4v) is 2.25. The van der Waals surface area contributed by atoms with Crippen molar-refractivity contribution in [3.63, 3.8) is 0 Å². The molecule has 0 spiro atoms. The summed E-state index contributed by atoms with van der Waals surface area (Å²) < 4.78 is 1.57. The third-order valence-corrected chi connectivity index (χ3v) is 3.14. The van der Waals surface area contributed by atoms with Gasteiger partial charge in [0, 0.05) is 5.69 Å². The van der Waals surface area contributed by atoms with Crippen LogP contribution in [0.1, 0.15) is 29.1 Å². The SMILES string of the molecule is N#Cc1ncn(-c2ccc3c(n2)CCC3)c1C#N. The van der Waals surface area contributed by atoms with Crippen LogP contribution in [0.5, 0.6) is 0 Å². The lowest BCUT2D eigenvalue weighted by atomic mass is 10.2. The molecule has 0 radical (unpaired) electrons. The van der Waals surface area contributed by atoms with Crippen LogP contribution >= 0.6 is 0 Å². The van der Waals surface area contributed by atoms with Crippen LogP contribution in [0.15, 0.2) is 18.5 Å². The Hall–Kier alpha value is -2.66. The summed E-state index contributed by atoms with van der Waals surface area (Å²) in [5.41, 5.74) is 2.74. The second-order valence-corrected chi connectivity index (χ2v) is 4.16. The van der Waals surface area contributed by atoms with Crippen molar-refractivity contribution in [2.75, 3.05) is 0 Å². The number of nitriles is 2. The Morgan fingerprint density at radius 2 is 2.06 bits per heavy atom. The smallest absolute Gasteiger partial charge is 0.177 e. The fourth-order valence-electron chi connectivity index (χ4n) is 2.25. The van der Waals surface area contributed by atoms with E-state index in [-0.39, 0.29) is 11.4 Å². The van der Waals surface area contributed by atoms with E-state index in [4.69, 9.17) is 10.5 Å². The van der Waals surface area contributed by atoms with Crippen molar-refractivity contribution in [1.29, 1.82) is 10.5 Å². The molecule has 3 rings (SSSR count). The highest BCUT2D eigenvalue weighted by Gasteiger charge is 2.16. The van der Waals surface area contributed by atoms with Gasteiger partial charge in [0.1, 0.15) is 24.3 Å². The molecular weight excluding hydrogens is 226 g/mol. The van der Waals surface area contributed by atoms with E-state index in [1.54, 1.807) is 4.57 Å². The monoisotopic (exact) mass is 235 g/mol. The highest BCUT2D eigenvalue weighted by atomic mass is 15.1. The maximum Gasteiger partial charge on any atom is 0.177 e. The van der Waals surface area contributed by atoms with Crippen molar-refractivity contribution in [3.05, 3.63) is 41.1 Å². The quantitative estimate of drug-likeness (QED) is 0.750. The highest BCUT2D eigenvalue weighted by molar-refractivity contribution is 5.43. The first-order valence-corrected chi connectivity index (χ1v) is 5.70. The lowest BCUT2D eigenvalue weighted by Gasteiger charge is -2.05. The van der Waals surface area contributed by atoms with Crippen LogP contribution in [-0.4, -0.2) is 14.5 Å². The van der Waals surface area contributed by atoms with Gasteiger partial charge in [-0.05, 0) is 30.9 Å².